The fraction of sp³-hybridized carbons (Fsp3) is 0.222. The number of amides is 1. The molecule has 0 saturated carbocycles. The second-order valence-electron chi connectivity index (χ2n) is 5.28. The van der Waals surface area contributed by atoms with E-state index in [4.69, 9.17) is 9.47 Å². The molecule has 2 aromatic carbocycles. The Kier molecular flexibility index (Phi) is 5.14. The monoisotopic (exact) mass is 360 g/mol. The first-order chi connectivity index (χ1) is 12.0. The summed E-state index contributed by atoms with van der Waals surface area (Å²) in [5.41, 5.74) is 0.788. The summed E-state index contributed by atoms with van der Waals surface area (Å²) < 4.78 is 24.8. The quantitative estimate of drug-likeness (QED) is 0.714. The van der Waals surface area contributed by atoms with Crippen LogP contribution in [0.5, 0.6) is 11.5 Å². The van der Waals surface area contributed by atoms with Crippen LogP contribution in [0.15, 0.2) is 42.5 Å². The number of aromatic nitrogens is 1. The molecule has 1 atom stereocenters. The summed E-state index contributed by atoms with van der Waals surface area (Å²) in [5.74, 6) is 0.512. The van der Waals surface area contributed by atoms with Crippen LogP contribution in [0.4, 0.5) is 9.52 Å². The molecule has 0 fully saturated rings. The van der Waals surface area contributed by atoms with Crippen molar-refractivity contribution in [3.8, 4) is 11.5 Å². The second kappa shape index (κ2) is 7.48. The summed E-state index contributed by atoms with van der Waals surface area (Å²) in [6.07, 6.45) is -0.739. The van der Waals surface area contributed by atoms with Crippen molar-refractivity contribution in [2.75, 3.05) is 11.9 Å². The maximum Gasteiger partial charge on any atom is 0.266 e. The summed E-state index contributed by atoms with van der Waals surface area (Å²) in [4.78, 5) is 16.6. The molecule has 0 radical (unpaired) electrons. The minimum atomic E-state index is -0.739. The fourth-order valence-electron chi connectivity index (χ4n) is 2.19. The molecule has 3 rings (SSSR count). The van der Waals surface area contributed by atoms with Crippen LogP contribution < -0.4 is 14.8 Å². The van der Waals surface area contributed by atoms with Gasteiger partial charge in [-0.3, -0.25) is 10.1 Å². The van der Waals surface area contributed by atoms with E-state index < -0.39 is 6.10 Å². The third-order valence-corrected chi connectivity index (χ3v) is 4.33. The van der Waals surface area contributed by atoms with Gasteiger partial charge in [-0.2, -0.15) is 0 Å². The van der Waals surface area contributed by atoms with Gasteiger partial charge in [-0.05, 0) is 56.3 Å². The van der Waals surface area contributed by atoms with Crippen LogP contribution in [0, 0.1) is 5.82 Å². The Bertz CT molecular complexity index is 880. The molecule has 1 N–H and O–H groups in total. The first-order valence-electron chi connectivity index (χ1n) is 7.81. The second-order valence-corrected chi connectivity index (χ2v) is 6.32. The van der Waals surface area contributed by atoms with Gasteiger partial charge in [0.25, 0.3) is 5.91 Å². The average molecular weight is 360 g/mol. The van der Waals surface area contributed by atoms with E-state index in [1.165, 1.54) is 35.6 Å². The number of thiazole rings is 1. The zero-order valence-electron chi connectivity index (χ0n) is 13.8. The molecule has 0 aliphatic heterocycles. The Hall–Kier alpha value is -2.67. The molecule has 5 nitrogen and oxygen atoms in total. The van der Waals surface area contributed by atoms with Crippen molar-refractivity contribution in [1.29, 1.82) is 0 Å². The van der Waals surface area contributed by atoms with Gasteiger partial charge in [-0.25, -0.2) is 9.37 Å². The van der Waals surface area contributed by atoms with Gasteiger partial charge in [-0.15, -0.1) is 0 Å². The van der Waals surface area contributed by atoms with E-state index in [2.05, 4.69) is 10.3 Å². The molecule has 0 spiro atoms. The first kappa shape index (κ1) is 17.2. The number of fused-ring (bicyclic) bond motifs is 1. The predicted molar refractivity (Wildman–Crippen MR) is 95.9 cm³/mol. The van der Waals surface area contributed by atoms with Crippen LogP contribution in [0.2, 0.25) is 0 Å². The van der Waals surface area contributed by atoms with Crippen molar-refractivity contribution >= 4 is 32.6 Å². The zero-order valence-corrected chi connectivity index (χ0v) is 14.6. The summed E-state index contributed by atoms with van der Waals surface area (Å²) >= 11 is 1.36. The summed E-state index contributed by atoms with van der Waals surface area (Å²) in [6, 6.07) is 11.1. The molecule has 0 bridgehead atoms. The zero-order chi connectivity index (χ0) is 17.8. The molecular formula is C18H17FN2O3S. The first-order valence-corrected chi connectivity index (χ1v) is 8.63. The highest BCUT2D eigenvalue weighted by molar-refractivity contribution is 7.22. The molecule has 1 amide bonds. The molecule has 0 aliphatic rings. The van der Waals surface area contributed by atoms with Crippen molar-refractivity contribution in [2.45, 2.75) is 20.0 Å². The SMILES string of the molecule is CCOc1ccc2nc(NC(=O)C(C)Oc3ccc(F)cc3)sc2c1. The number of rotatable bonds is 6. The van der Waals surface area contributed by atoms with Crippen molar-refractivity contribution in [2.24, 2.45) is 0 Å². The van der Waals surface area contributed by atoms with E-state index in [-0.39, 0.29) is 11.7 Å². The molecule has 130 valence electrons. The summed E-state index contributed by atoms with van der Waals surface area (Å²) in [6.45, 7) is 4.14. The molecule has 25 heavy (non-hydrogen) atoms. The lowest BCUT2D eigenvalue weighted by Crippen LogP contribution is -2.30. The van der Waals surface area contributed by atoms with Gasteiger partial charge in [-0.1, -0.05) is 11.3 Å². The number of nitrogens with one attached hydrogen (secondary N) is 1. The minimum Gasteiger partial charge on any atom is -0.494 e. The van der Waals surface area contributed by atoms with E-state index in [0.717, 1.165) is 16.0 Å². The number of ether oxygens (including phenoxy) is 2. The number of hydrogen-bond donors (Lipinski definition) is 1. The molecule has 1 heterocycles. The Morgan fingerprint density at radius 1 is 1.24 bits per heavy atom. The maximum atomic E-state index is 12.9. The number of nitrogens with zero attached hydrogens (tertiary/aromatic N) is 1. The van der Waals surface area contributed by atoms with Crippen molar-refractivity contribution in [3.05, 3.63) is 48.3 Å². The van der Waals surface area contributed by atoms with Gasteiger partial charge >= 0.3 is 0 Å². The number of benzene rings is 2. The van der Waals surface area contributed by atoms with Crippen molar-refractivity contribution < 1.29 is 18.7 Å². The normalized spacial score (nSPS) is 12.0. The Balaban J connectivity index is 1.67. The lowest BCUT2D eigenvalue weighted by Gasteiger charge is -2.13. The van der Waals surface area contributed by atoms with Crippen LogP contribution >= 0.6 is 11.3 Å². The smallest absolute Gasteiger partial charge is 0.266 e. The van der Waals surface area contributed by atoms with Crippen LogP contribution in [-0.2, 0) is 4.79 Å². The number of carbonyl (C=O) groups excluding carboxylic acids is 1. The van der Waals surface area contributed by atoms with Gasteiger partial charge in [0.2, 0.25) is 0 Å². The molecule has 3 aromatic rings. The Morgan fingerprint density at radius 2 is 1.96 bits per heavy atom. The average Bonchev–Trinajstić information content (AvgIpc) is 2.98. The van der Waals surface area contributed by atoms with Crippen LogP contribution in [0.25, 0.3) is 10.2 Å². The number of carbonyl (C=O) groups is 1. The summed E-state index contributed by atoms with van der Waals surface area (Å²) in [5, 5.41) is 3.23. The third kappa shape index (κ3) is 4.24. The van der Waals surface area contributed by atoms with Crippen LogP contribution in [-0.4, -0.2) is 23.6 Å². The molecule has 0 aliphatic carbocycles. The lowest BCUT2D eigenvalue weighted by atomic mass is 10.3. The highest BCUT2D eigenvalue weighted by Crippen LogP contribution is 2.29. The van der Waals surface area contributed by atoms with E-state index >= 15 is 0 Å². The molecule has 1 unspecified atom stereocenters. The Labute approximate surface area is 148 Å². The van der Waals surface area contributed by atoms with Gasteiger partial charge in [0.05, 0.1) is 16.8 Å². The van der Waals surface area contributed by atoms with E-state index in [1.807, 2.05) is 25.1 Å². The standard InChI is InChI=1S/C18H17FN2O3S/c1-3-23-14-8-9-15-16(10-14)25-18(20-15)21-17(22)11(2)24-13-6-4-12(19)5-7-13/h4-11H,3H2,1-2H3,(H,20,21,22). The molecule has 1 aromatic heterocycles. The number of hydrogen-bond acceptors (Lipinski definition) is 5. The van der Waals surface area contributed by atoms with E-state index in [1.54, 1.807) is 6.92 Å². The molecule has 0 saturated heterocycles. The summed E-state index contributed by atoms with van der Waals surface area (Å²) in [7, 11) is 0. The van der Waals surface area contributed by atoms with Crippen molar-refractivity contribution in [1.82, 2.24) is 4.98 Å². The van der Waals surface area contributed by atoms with Crippen LogP contribution in [0.3, 0.4) is 0 Å². The molecular weight excluding hydrogens is 343 g/mol. The van der Waals surface area contributed by atoms with E-state index in [9.17, 15) is 9.18 Å². The van der Waals surface area contributed by atoms with Crippen LogP contribution in [0.1, 0.15) is 13.8 Å². The van der Waals surface area contributed by atoms with Gasteiger partial charge in [0.1, 0.15) is 17.3 Å². The highest BCUT2D eigenvalue weighted by Gasteiger charge is 2.17. The third-order valence-electron chi connectivity index (χ3n) is 3.40. The number of anilines is 1. The minimum absolute atomic E-state index is 0.326. The number of halogens is 1. The van der Waals surface area contributed by atoms with Gasteiger partial charge in [0.15, 0.2) is 11.2 Å². The lowest BCUT2D eigenvalue weighted by molar-refractivity contribution is -0.122. The largest absolute Gasteiger partial charge is 0.494 e. The van der Waals surface area contributed by atoms with Gasteiger partial charge < -0.3 is 9.47 Å². The predicted octanol–water partition coefficient (Wildman–Crippen LogP) is 4.24. The topological polar surface area (TPSA) is 60.5 Å². The molecule has 7 heteroatoms. The van der Waals surface area contributed by atoms with E-state index in [0.29, 0.717) is 17.5 Å². The highest BCUT2D eigenvalue weighted by atomic mass is 32.1. The van der Waals surface area contributed by atoms with Crippen molar-refractivity contribution in [3.63, 3.8) is 0 Å². The Morgan fingerprint density at radius 3 is 2.68 bits per heavy atom. The maximum absolute atomic E-state index is 12.9. The van der Waals surface area contributed by atoms with Gasteiger partial charge in [0, 0.05) is 0 Å². The fourth-order valence-corrected chi connectivity index (χ4v) is 3.09.